The van der Waals surface area contributed by atoms with E-state index in [2.05, 4.69) is 58.0 Å². The number of fused-ring (bicyclic) bond motifs is 1. The molecule has 208 valence electrons. The summed E-state index contributed by atoms with van der Waals surface area (Å²) in [7, 11) is -1.99. The maximum absolute atomic E-state index is 12.7. The molecule has 1 heterocycles. The van der Waals surface area contributed by atoms with E-state index in [1.54, 1.807) is 0 Å². The summed E-state index contributed by atoms with van der Waals surface area (Å²) < 4.78 is 57.6. The molecule has 0 aliphatic heterocycles. The number of hydrogen-bond donors (Lipinski definition) is 4. The molecule has 1 aromatic heterocycles. The summed E-state index contributed by atoms with van der Waals surface area (Å²) in [4.78, 5) is 9.12. The van der Waals surface area contributed by atoms with E-state index in [0.29, 0.717) is 29.4 Å². The second-order valence-electron chi connectivity index (χ2n) is 9.01. The van der Waals surface area contributed by atoms with Gasteiger partial charge in [-0.1, -0.05) is 34.0 Å². The smallest absolute Gasteiger partial charge is 0.404 e. The summed E-state index contributed by atoms with van der Waals surface area (Å²) in [5, 5.41) is 7.56. The highest BCUT2D eigenvalue weighted by Gasteiger charge is 2.33. The minimum Gasteiger partial charge on any atom is -0.404 e. The molecule has 0 radical (unpaired) electrons. The van der Waals surface area contributed by atoms with E-state index in [9.17, 15) is 17.4 Å². The van der Waals surface area contributed by atoms with Crippen molar-refractivity contribution in [3.63, 3.8) is 0 Å². The van der Waals surface area contributed by atoms with Crippen molar-refractivity contribution in [2.24, 2.45) is 17.6 Å². The normalized spacial score (nSPS) is 18.1. The molecule has 0 saturated heterocycles. The van der Waals surface area contributed by atoms with Crippen LogP contribution in [0.1, 0.15) is 25.7 Å². The predicted octanol–water partition coefficient (Wildman–Crippen LogP) is 5.15. The lowest BCUT2D eigenvalue weighted by atomic mass is 9.82. The third kappa shape index (κ3) is 8.45. The molecular formula is C26H28BrF3N6O2S. The van der Waals surface area contributed by atoms with Crippen LogP contribution in [-0.2, 0) is 11.0 Å². The number of alkyl halides is 3. The zero-order valence-corrected chi connectivity index (χ0v) is 23.3. The number of nitrogens with two attached hydrogens (primary N) is 1. The van der Waals surface area contributed by atoms with E-state index in [1.807, 2.05) is 24.3 Å². The highest BCUT2D eigenvalue weighted by atomic mass is 79.9. The van der Waals surface area contributed by atoms with Crippen molar-refractivity contribution in [2.75, 3.05) is 30.3 Å². The molecule has 39 heavy (non-hydrogen) atoms. The molecule has 0 amide bonds. The minimum absolute atomic E-state index is 0.102. The Labute approximate surface area is 235 Å². The zero-order valence-electron chi connectivity index (χ0n) is 20.9. The van der Waals surface area contributed by atoms with Crippen molar-refractivity contribution in [3.8, 4) is 17.7 Å². The van der Waals surface area contributed by atoms with Crippen molar-refractivity contribution in [3.05, 3.63) is 46.9 Å². The summed E-state index contributed by atoms with van der Waals surface area (Å²) in [6.45, 7) is 1.83. The van der Waals surface area contributed by atoms with Crippen LogP contribution >= 0.6 is 15.9 Å². The Balaban J connectivity index is 1.28. The Hall–Kier alpha value is -3.08. The molecule has 0 bridgehead atoms. The number of ether oxygens (including phenoxy) is 1. The number of hydrogen-bond acceptors (Lipinski definition) is 7. The summed E-state index contributed by atoms with van der Waals surface area (Å²) in [6, 6.07) is 14.4. The predicted molar refractivity (Wildman–Crippen MR) is 149 cm³/mol. The van der Waals surface area contributed by atoms with Gasteiger partial charge >= 0.3 is 6.36 Å². The van der Waals surface area contributed by atoms with Crippen LogP contribution < -0.4 is 25.8 Å². The molecule has 1 atom stereocenters. The van der Waals surface area contributed by atoms with Gasteiger partial charge in [-0.05, 0) is 61.9 Å². The molecule has 5 N–H and O–H groups in total. The molecule has 4 rings (SSSR count). The number of nitrogens with zero attached hydrogens (tertiary/aromatic N) is 2. The van der Waals surface area contributed by atoms with Crippen LogP contribution in [0.3, 0.4) is 0 Å². The summed E-state index contributed by atoms with van der Waals surface area (Å²) >= 11 is 3.10. The van der Waals surface area contributed by atoms with E-state index in [-0.39, 0.29) is 10.8 Å². The van der Waals surface area contributed by atoms with Crippen molar-refractivity contribution in [1.82, 2.24) is 14.7 Å². The van der Waals surface area contributed by atoms with Gasteiger partial charge in [0.05, 0.1) is 5.52 Å². The molecule has 1 aliphatic rings. The van der Waals surface area contributed by atoms with Crippen molar-refractivity contribution >= 4 is 49.6 Å². The van der Waals surface area contributed by atoms with Gasteiger partial charge < -0.3 is 21.1 Å². The van der Waals surface area contributed by atoms with Crippen LogP contribution in [-0.4, -0.2) is 40.2 Å². The average molecular weight is 626 g/mol. The summed E-state index contributed by atoms with van der Waals surface area (Å²) in [5.74, 6) is 4.34. The molecule has 1 fully saturated rings. The van der Waals surface area contributed by atoms with Gasteiger partial charge in [-0.2, -0.15) is 4.98 Å². The maximum atomic E-state index is 12.7. The fourth-order valence-corrected chi connectivity index (χ4v) is 5.38. The highest BCUT2D eigenvalue weighted by Crippen LogP contribution is 2.31. The molecular weight excluding hydrogens is 597 g/mol. The molecule has 1 aliphatic carbocycles. The summed E-state index contributed by atoms with van der Waals surface area (Å²) in [5.41, 5.74) is 6.48. The van der Waals surface area contributed by atoms with Gasteiger partial charge in [0.2, 0.25) is 5.95 Å². The Bertz CT molecular complexity index is 1370. The molecule has 8 nitrogen and oxygen atoms in total. The Morgan fingerprint density at radius 2 is 1.87 bits per heavy atom. The van der Waals surface area contributed by atoms with E-state index < -0.39 is 23.1 Å². The van der Waals surface area contributed by atoms with E-state index >= 15 is 0 Å². The first-order valence-corrected chi connectivity index (χ1v) is 14.3. The Morgan fingerprint density at radius 3 is 2.62 bits per heavy atom. The van der Waals surface area contributed by atoms with E-state index in [1.165, 1.54) is 12.1 Å². The third-order valence-electron chi connectivity index (χ3n) is 6.19. The van der Waals surface area contributed by atoms with Crippen molar-refractivity contribution in [2.45, 2.75) is 36.9 Å². The number of rotatable bonds is 9. The lowest BCUT2D eigenvalue weighted by Gasteiger charge is -2.25. The van der Waals surface area contributed by atoms with Gasteiger partial charge in [0, 0.05) is 41.5 Å². The van der Waals surface area contributed by atoms with Gasteiger partial charge in [0.15, 0.2) is 11.0 Å². The fourth-order valence-electron chi connectivity index (χ4n) is 4.30. The second kappa shape index (κ2) is 13.3. The number of halogens is 4. The number of anilines is 2. The van der Waals surface area contributed by atoms with Crippen LogP contribution in [0.5, 0.6) is 5.75 Å². The van der Waals surface area contributed by atoms with Crippen molar-refractivity contribution in [1.29, 1.82) is 0 Å². The van der Waals surface area contributed by atoms with Crippen LogP contribution in [0, 0.1) is 23.8 Å². The molecule has 1 saturated carbocycles. The largest absolute Gasteiger partial charge is 0.573 e. The van der Waals surface area contributed by atoms with E-state index in [0.717, 1.165) is 55.0 Å². The fraction of sp³-hybridized carbons (Fsp3) is 0.385. The quantitative estimate of drug-likeness (QED) is 0.192. The average Bonchev–Trinajstić information content (AvgIpc) is 2.90. The number of aromatic nitrogens is 2. The van der Waals surface area contributed by atoms with Gasteiger partial charge in [0.1, 0.15) is 16.5 Å². The standard InChI is InChI=1S/C26H28BrF3N6O2S/c27-19-9-10-23(22(15-19)38-26(28,29)30)39(37)34-13-11-17-5-7-18(8-6-17)16-33-25-35-21-4-2-1-3-20(21)24(36-25)32-14-12-31/h1-4,9-10,15,17-18,34H,5-8,12,14,16,31H2,(H2,32,33,35,36). The highest BCUT2D eigenvalue weighted by molar-refractivity contribution is 9.10. The first kappa shape index (κ1) is 28.9. The van der Waals surface area contributed by atoms with Crippen LogP contribution in [0.25, 0.3) is 10.9 Å². The summed E-state index contributed by atoms with van der Waals surface area (Å²) in [6.07, 6.45) is -1.30. The molecule has 2 aromatic carbocycles. The topological polar surface area (TPSA) is 114 Å². The van der Waals surface area contributed by atoms with Gasteiger partial charge in [-0.25, -0.2) is 9.19 Å². The first-order chi connectivity index (χ1) is 18.7. The lowest BCUT2D eigenvalue weighted by molar-refractivity contribution is -0.275. The maximum Gasteiger partial charge on any atom is 0.573 e. The van der Waals surface area contributed by atoms with E-state index in [4.69, 9.17) is 5.73 Å². The first-order valence-electron chi connectivity index (χ1n) is 12.4. The van der Waals surface area contributed by atoms with Crippen LogP contribution in [0.4, 0.5) is 24.9 Å². The zero-order chi connectivity index (χ0) is 27.8. The number of benzene rings is 2. The van der Waals surface area contributed by atoms with Gasteiger partial charge in [-0.3, -0.25) is 4.72 Å². The molecule has 3 aromatic rings. The molecule has 13 heteroatoms. The monoisotopic (exact) mass is 624 g/mol. The number of nitrogens with one attached hydrogen (secondary N) is 3. The third-order valence-corrected chi connectivity index (χ3v) is 7.70. The Kier molecular flexibility index (Phi) is 9.88. The van der Waals surface area contributed by atoms with Crippen LogP contribution in [0.15, 0.2) is 51.8 Å². The number of para-hydroxylation sites is 1. The Morgan fingerprint density at radius 1 is 1.10 bits per heavy atom. The molecule has 1 unspecified atom stereocenters. The second-order valence-corrected chi connectivity index (χ2v) is 11.1. The van der Waals surface area contributed by atoms with Gasteiger partial charge in [0.25, 0.3) is 0 Å². The SMILES string of the molecule is NCCNc1nc(NCC2CCC(C#CNS(=O)c3ccc(Br)cc3OC(F)(F)F)CC2)nc2ccccc12. The van der Waals surface area contributed by atoms with Crippen molar-refractivity contribution < 1.29 is 22.1 Å². The molecule has 0 spiro atoms. The minimum atomic E-state index is -4.90. The van der Waals surface area contributed by atoms with Crippen LogP contribution in [0.2, 0.25) is 0 Å². The van der Waals surface area contributed by atoms with Gasteiger partial charge in [-0.15, -0.1) is 13.2 Å². The lowest BCUT2D eigenvalue weighted by Crippen LogP contribution is -2.22.